The molecule has 1 aliphatic carbocycles. The van der Waals surface area contributed by atoms with Crippen LogP contribution in [-0.2, 0) is 23.3 Å². The Labute approximate surface area is 154 Å². The first-order chi connectivity index (χ1) is 12.5. The molecule has 1 heterocycles. The predicted molar refractivity (Wildman–Crippen MR) is 101 cm³/mol. The van der Waals surface area contributed by atoms with Crippen LogP contribution >= 0.6 is 0 Å². The number of nitrogens with zero attached hydrogens (tertiary/aromatic N) is 1. The molecular weight excluding hydrogens is 324 g/mol. The lowest BCUT2D eigenvalue weighted by Crippen LogP contribution is -2.46. The van der Waals surface area contributed by atoms with Crippen LogP contribution in [0.15, 0.2) is 48.5 Å². The minimum absolute atomic E-state index is 0.123. The van der Waals surface area contributed by atoms with Crippen LogP contribution in [0.1, 0.15) is 54.9 Å². The minimum Gasteiger partial charge on any atom is -0.319 e. The third kappa shape index (κ3) is 2.61. The van der Waals surface area contributed by atoms with Crippen LogP contribution in [-0.4, -0.2) is 16.8 Å². The Bertz CT molecular complexity index is 857. The summed E-state index contributed by atoms with van der Waals surface area (Å²) in [4.78, 5) is 27.3. The molecule has 2 aliphatic rings. The number of carbonyl (C=O) groups excluding carboxylic acids is 2. The van der Waals surface area contributed by atoms with Gasteiger partial charge in [-0.25, -0.2) is 4.79 Å². The summed E-state index contributed by atoms with van der Waals surface area (Å²) in [5.74, 6) is 0.338. The molecule has 0 radical (unpaired) electrons. The standard InChI is InChI=1S/C22H24N2O2/c1-15(2)17-11-9-16(10-12-17)14-24-20(25)22(23-21(24)26)13-5-7-18-6-3-4-8-19(18)22/h3-4,6,8-12,15H,5,7,13-14H2,1-2H3,(H,23,26). The first-order valence-corrected chi connectivity index (χ1v) is 9.32. The van der Waals surface area contributed by atoms with E-state index < -0.39 is 5.54 Å². The molecule has 26 heavy (non-hydrogen) atoms. The first-order valence-electron chi connectivity index (χ1n) is 9.32. The van der Waals surface area contributed by atoms with Gasteiger partial charge in [0, 0.05) is 0 Å². The molecule has 1 aliphatic heterocycles. The number of amides is 3. The van der Waals surface area contributed by atoms with Crippen LogP contribution in [0, 0.1) is 0 Å². The molecule has 134 valence electrons. The van der Waals surface area contributed by atoms with Crippen molar-refractivity contribution in [1.82, 2.24) is 10.2 Å². The summed E-state index contributed by atoms with van der Waals surface area (Å²) in [6.07, 6.45) is 2.52. The van der Waals surface area contributed by atoms with Crippen LogP contribution in [0.5, 0.6) is 0 Å². The molecule has 0 bridgehead atoms. The average molecular weight is 348 g/mol. The number of aryl methyl sites for hydroxylation is 1. The quantitative estimate of drug-likeness (QED) is 0.849. The molecule has 4 nitrogen and oxygen atoms in total. The molecule has 1 saturated heterocycles. The van der Waals surface area contributed by atoms with E-state index in [1.54, 1.807) is 0 Å². The maximum atomic E-state index is 13.3. The zero-order valence-corrected chi connectivity index (χ0v) is 15.3. The fraction of sp³-hybridized carbons (Fsp3) is 0.364. The molecule has 1 unspecified atom stereocenters. The molecule has 2 aromatic carbocycles. The average Bonchev–Trinajstić information content (AvgIpc) is 2.87. The van der Waals surface area contributed by atoms with Crippen LogP contribution in [0.25, 0.3) is 0 Å². The highest BCUT2D eigenvalue weighted by atomic mass is 16.2. The van der Waals surface area contributed by atoms with E-state index in [1.807, 2.05) is 30.3 Å². The van der Waals surface area contributed by atoms with Crippen molar-refractivity contribution < 1.29 is 9.59 Å². The zero-order valence-electron chi connectivity index (χ0n) is 15.3. The van der Waals surface area contributed by atoms with Crippen molar-refractivity contribution in [1.29, 1.82) is 0 Å². The molecule has 1 N–H and O–H groups in total. The van der Waals surface area contributed by atoms with Gasteiger partial charge in [-0.1, -0.05) is 62.4 Å². The van der Waals surface area contributed by atoms with Crippen molar-refractivity contribution in [2.24, 2.45) is 0 Å². The van der Waals surface area contributed by atoms with Crippen LogP contribution < -0.4 is 5.32 Å². The summed E-state index contributed by atoms with van der Waals surface area (Å²) in [5.41, 5.74) is 3.46. The molecule has 2 aromatic rings. The van der Waals surface area contributed by atoms with Crippen molar-refractivity contribution in [2.75, 3.05) is 0 Å². The van der Waals surface area contributed by atoms with Gasteiger partial charge in [0.1, 0.15) is 5.54 Å². The Hall–Kier alpha value is -2.62. The lowest BCUT2D eigenvalue weighted by molar-refractivity contribution is -0.132. The summed E-state index contributed by atoms with van der Waals surface area (Å²) in [5, 5.41) is 3.01. The van der Waals surface area contributed by atoms with E-state index in [1.165, 1.54) is 10.5 Å². The Morgan fingerprint density at radius 2 is 1.81 bits per heavy atom. The van der Waals surface area contributed by atoms with Gasteiger partial charge < -0.3 is 5.32 Å². The van der Waals surface area contributed by atoms with Gasteiger partial charge in [-0.15, -0.1) is 0 Å². The van der Waals surface area contributed by atoms with Gasteiger partial charge in [-0.05, 0) is 47.4 Å². The summed E-state index contributed by atoms with van der Waals surface area (Å²) in [6, 6.07) is 15.8. The van der Waals surface area contributed by atoms with E-state index in [4.69, 9.17) is 0 Å². The van der Waals surface area contributed by atoms with Gasteiger partial charge in [0.05, 0.1) is 6.54 Å². The van der Waals surface area contributed by atoms with Crippen molar-refractivity contribution >= 4 is 11.9 Å². The van der Waals surface area contributed by atoms with E-state index >= 15 is 0 Å². The fourth-order valence-electron chi connectivity index (χ4n) is 4.15. The molecule has 4 heteroatoms. The largest absolute Gasteiger partial charge is 0.325 e. The number of nitrogens with one attached hydrogen (secondary N) is 1. The second-order valence-electron chi connectivity index (χ2n) is 7.63. The number of hydrogen-bond donors (Lipinski definition) is 1. The van der Waals surface area contributed by atoms with Crippen LogP contribution in [0.4, 0.5) is 4.79 Å². The highest BCUT2D eigenvalue weighted by Crippen LogP contribution is 2.40. The Morgan fingerprint density at radius 1 is 1.08 bits per heavy atom. The van der Waals surface area contributed by atoms with E-state index in [-0.39, 0.29) is 11.9 Å². The molecule has 3 amide bonds. The lowest BCUT2D eigenvalue weighted by Gasteiger charge is -2.33. The van der Waals surface area contributed by atoms with Crippen molar-refractivity contribution in [3.63, 3.8) is 0 Å². The number of imide groups is 1. The molecule has 4 rings (SSSR count). The maximum Gasteiger partial charge on any atom is 0.325 e. The number of rotatable bonds is 3. The number of urea groups is 1. The second-order valence-corrected chi connectivity index (χ2v) is 7.63. The van der Waals surface area contributed by atoms with Crippen molar-refractivity contribution in [3.05, 3.63) is 70.8 Å². The van der Waals surface area contributed by atoms with Crippen LogP contribution in [0.2, 0.25) is 0 Å². The SMILES string of the molecule is CC(C)c1ccc(CN2C(=O)NC3(CCCc4ccccc43)C2=O)cc1. The third-order valence-electron chi connectivity index (χ3n) is 5.64. The Morgan fingerprint density at radius 3 is 2.54 bits per heavy atom. The molecule has 1 fully saturated rings. The number of hydrogen-bond acceptors (Lipinski definition) is 2. The highest BCUT2D eigenvalue weighted by Gasteiger charge is 2.53. The van der Waals surface area contributed by atoms with E-state index in [0.29, 0.717) is 18.9 Å². The number of benzene rings is 2. The lowest BCUT2D eigenvalue weighted by atomic mass is 9.76. The van der Waals surface area contributed by atoms with Gasteiger partial charge in [-0.3, -0.25) is 9.69 Å². The van der Waals surface area contributed by atoms with Gasteiger partial charge >= 0.3 is 6.03 Å². The highest BCUT2D eigenvalue weighted by molar-refractivity contribution is 6.07. The molecule has 1 spiro atoms. The summed E-state index contributed by atoms with van der Waals surface area (Å²) in [6.45, 7) is 4.61. The number of fused-ring (bicyclic) bond motifs is 2. The normalized spacial score (nSPS) is 22.0. The molecule has 0 saturated carbocycles. The zero-order chi connectivity index (χ0) is 18.3. The maximum absolute atomic E-state index is 13.3. The first kappa shape index (κ1) is 16.8. The molecular formula is C22H24N2O2. The van der Waals surface area contributed by atoms with Gasteiger partial charge in [0.15, 0.2) is 0 Å². The van der Waals surface area contributed by atoms with Crippen LogP contribution in [0.3, 0.4) is 0 Å². The van der Waals surface area contributed by atoms with Crippen molar-refractivity contribution in [3.8, 4) is 0 Å². The van der Waals surface area contributed by atoms with E-state index in [9.17, 15) is 9.59 Å². The molecule has 0 aromatic heterocycles. The van der Waals surface area contributed by atoms with Gasteiger partial charge in [0.25, 0.3) is 5.91 Å². The number of carbonyl (C=O) groups is 2. The second kappa shape index (κ2) is 6.27. The smallest absolute Gasteiger partial charge is 0.319 e. The van der Waals surface area contributed by atoms with Gasteiger partial charge in [-0.2, -0.15) is 0 Å². The Balaban J connectivity index is 1.62. The third-order valence-corrected chi connectivity index (χ3v) is 5.64. The fourth-order valence-corrected chi connectivity index (χ4v) is 4.15. The summed E-state index contributed by atoms with van der Waals surface area (Å²) in [7, 11) is 0. The topological polar surface area (TPSA) is 49.4 Å². The van der Waals surface area contributed by atoms with E-state index in [0.717, 1.165) is 29.5 Å². The molecule has 1 atom stereocenters. The minimum atomic E-state index is -0.885. The monoisotopic (exact) mass is 348 g/mol. The van der Waals surface area contributed by atoms with E-state index in [2.05, 4.69) is 37.4 Å². The predicted octanol–water partition coefficient (Wildman–Crippen LogP) is 4.09. The van der Waals surface area contributed by atoms with Gasteiger partial charge in [0.2, 0.25) is 0 Å². The summed E-state index contributed by atoms with van der Waals surface area (Å²) >= 11 is 0. The van der Waals surface area contributed by atoms with Crippen molar-refractivity contribution in [2.45, 2.75) is 51.1 Å². The Kier molecular flexibility index (Phi) is 4.06. The summed E-state index contributed by atoms with van der Waals surface area (Å²) < 4.78 is 0.